The Hall–Kier alpha value is -0.860. The molecule has 1 aliphatic rings. The first-order valence-corrected chi connectivity index (χ1v) is 4.29. The van der Waals surface area contributed by atoms with Crippen molar-refractivity contribution in [1.29, 1.82) is 0 Å². The third-order valence-electron chi connectivity index (χ3n) is 2.05. The van der Waals surface area contributed by atoms with E-state index in [2.05, 4.69) is 24.4 Å². The quantitative estimate of drug-likeness (QED) is 0.680. The SMILES string of the molecule is CC1COC(c2ccccc2)N1. The lowest BCUT2D eigenvalue weighted by Crippen LogP contribution is -2.22. The Morgan fingerprint density at radius 2 is 2.08 bits per heavy atom. The van der Waals surface area contributed by atoms with Gasteiger partial charge in [0.15, 0.2) is 0 Å². The van der Waals surface area contributed by atoms with Crippen LogP contribution in [0.2, 0.25) is 0 Å². The van der Waals surface area contributed by atoms with Crippen molar-refractivity contribution in [1.82, 2.24) is 5.32 Å². The Balaban J connectivity index is 2.11. The van der Waals surface area contributed by atoms with Crippen molar-refractivity contribution in [2.24, 2.45) is 0 Å². The Bertz CT molecular complexity index is 247. The van der Waals surface area contributed by atoms with Crippen LogP contribution in [0.25, 0.3) is 0 Å². The number of ether oxygens (including phenoxy) is 1. The number of nitrogens with one attached hydrogen (secondary N) is 1. The fraction of sp³-hybridized carbons (Fsp3) is 0.400. The summed E-state index contributed by atoms with van der Waals surface area (Å²) in [5.41, 5.74) is 1.21. The predicted molar refractivity (Wildman–Crippen MR) is 47.7 cm³/mol. The van der Waals surface area contributed by atoms with Crippen LogP contribution in [0.1, 0.15) is 18.7 Å². The van der Waals surface area contributed by atoms with Gasteiger partial charge in [0.1, 0.15) is 6.23 Å². The van der Waals surface area contributed by atoms with Gasteiger partial charge in [-0.2, -0.15) is 0 Å². The predicted octanol–water partition coefficient (Wildman–Crippen LogP) is 1.69. The minimum atomic E-state index is 0.0983. The third kappa shape index (κ3) is 1.49. The largest absolute Gasteiger partial charge is 0.357 e. The Morgan fingerprint density at radius 1 is 1.33 bits per heavy atom. The van der Waals surface area contributed by atoms with Crippen LogP contribution in [0.5, 0.6) is 0 Å². The molecule has 0 amide bonds. The highest BCUT2D eigenvalue weighted by Crippen LogP contribution is 2.19. The van der Waals surface area contributed by atoms with Crippen LogP contribution >= 0.6 is 0 Å². The van der Waals surface area contributed by atoms with Crippen molar-refractivity contribution in [3.05, 3.63) is 35.9 Å². The standard InChI is InChI=1S/C10H13NO/c1-8-7-12-10(11-8)9-5-3-2-4-6-9/h2-6,8,10-11H,7H2,1H3. The van der Waals surface area contributed by atoms with Crippen LogP contribution in [-0.4, -0.2) is 12.6 Å². The van der Waals surface area contributed by atoms with E-state index in [0.717, 1.165) is 6.61 Å². The van der Waals surface area contributed by atoms with Crippen LogP contribution in [0.15, 0.2) is 30.3 Å². The molecule has 0 aromatic heterocycles. The van der Waals surface area contributed by atoms with Gasteiger partial charge in [-0.3, -0.25) is 5.32 Å². The van der Waals surface area contributed by atoms with Crippen molar-refractivity contribution in [3.8, 4) is 0 Å². The molecule has 2 atom stereocenters. The van der Waals surface area contributed by atoms with Gasteiger partial charge in [-0.1, -0.05) is 30.3 Å². The molecule has 1 heterocycles. The highest BCUT2D eigenvalue weighted by Gasteiger charge is 2.21. The molecule has 1 aromatic carbocycles. The van der Waals surface area contributed by atoms with Gasteiger partial charge in [0, 0.05) is 6.04 Å². The first kappa shape index (κ1) is 7.77. The van der Waals surface area contributed by atoms with Crippen LogP contribution in [0.3, 0.4) is 0 Å². The third-order valence-corrected chi connectivity index (χ3v) is 2.05. The first-order chi connectivity index (χ1) is 5.86. The highest BCUT2D eigenvalue weighted by molar-refractivity contribution is 5.17. The van der Waals surface area contributed by atoms with Gasteiger partial charge in [0.2, 0.25) is 0 Å². The van der Waals surface area contributed by atoms with E-state index in [-0.39, 0.29) is 6.23 Å². The lowest BCUT2D eigenvalue weighted by molar-refractivity contribution is 0.101. The van der Waals surface area contributed by atoms with Crippen molar-refractivity contribution >= 4 is 0 Å². The molecular formula is C10H13NO. The van der Waals surface area contributed by atoms with Crippen molar-refractivity contribution in [3.63, 3.8) is 0 Å². The van der Waals surface area contributed by atoms with E-state index in [4.69, 9.17) is 4.74 Å². The van der Waals surface area contributed by atoms with E-state index in [9.17, 15) is 0 Å². The average molecular weight is 163 g/mol. The fourth-order valence-electron chi connectivity index (χ4n) is 1.42. The summed E-state index contributed by atoms with van der Waals surface area (Å²) in [6.07, 6.45) is 0.0983. The van der Waals surface area contributed by atoms with Crippen LogP contribution < -0.4 is 5.32 Å². The molecule has 1 aromatic rings. The van der Waals surface area contributed by atoms with E-state index in [1.165, 1.54) is 5.56 Å². The summed E-state index contributed by atoms with van der Waals surface area (Å²) in [6, 6.07) is 10.7. The molecule has 0 aliphatic carbocycles. The average Bonchev–Trinajstić information content (AvgIpc) is 2.54. The molecule has 1 N–H and O–H groups in total. The molecular weight excluding hydrogens is 150 g/mol. The monoisotopic (exact) mass is 163 g/mol. The van der Waals surface area contributed by atoms with Gasteiger partial charge in [0.05, 0.1) is 6.61 Å². The smallest absolute Gasteiger partial charge is 0.134 e. The van der Waals surface area contributed by atoms with E-state index in [1.54, 1.807) is 0 Å². The molecule has 2 unspecified atom stereocenters. The van der Waals surface area contributed by atoms with E-state index in [0.29, 0.717) is 6.04 Å². The number of benzene rings is 1. The lowest BCUT2D eigenvalue weighted by Gasteiger charge is -2.09. The lowest BCUT2D eigenvalue weighted by atomic mass is 10.2. The van der Waals surface area contributed by atoms with Gasteiger partial charge in [-0.15, -0.1) is 0 Å². The fourth-order valence-corrected chi connectivity index (χ4v) is 1.42. The normalized spacial score (nSPS) is 29.1. The Labute approximate surface area is 72.5 Å². The molecule has 0 radical (unpaired) electrons. The number of hydrogen-bond acceptors (Lipinski definition) is 2. The minimum Gasteiger partial charge on any atom is -0.357 e. The molecule has 0 spiro atoms. The van der Waals surface area contributed by atoms with Crippen LogP contribution in [0, 0.1) is 0 Å². The Morgan fingerprint density at radius 3 is 2.67 bits per heavy atom. The molecule has 1 saturated heterocycles. The van der Waals surface area contributed by atoms with Crippen LogP contribution in [-0.2, 0) is 4.74 Å². The molecule has 0 saturated carbocycles. The van der Waals surface area contributed by atoms with E-state index >= 15 is 0 Å². The van der Waals surface area contributed by atoms with Gasteiger partial charge >= 0.3 is 0 Å². The maximum absolute atomic E-state index is 5.54. The summed E-state index contributed by atoms with van der Waals surface area (Å²) in [4.78, 5) is 0. The molecule has 2 rings (SSSR count). The molecule has 12 heavy (non-hydrogen) atoms. The van der Waals surface area contributed by atoms with Crippen molar-refractivity contribution in [2.75, 3.05) is 6.61 Å². The molecule has 2 nitrogen and oxygen atoms in total. The molecule has 64 valence electrons. The molecule has 1 aliphatic heterocycles. The summed E-state index contributed by atoms with van der Waals surface area (Å²) >= 11 is 0. The summed E-state index contributed by atoms with van der Waals surface area (Å²) < 4.78 is 5.54. The summed E-state index contributed by atoms with van der Waals surface area (Å²) in [6.45, 7) is 2.93. The maximum atomic E-state index is 5.54. The molecule has 1 fully saturated rings. The first-order valence-electron chi connectivity index (χ1n) is 4.29. The number of hydrogen-bond donors (Lipinski definition) is 1. The topological polar surface area (TPSA) is 21.3 Å². The minimum absolute atomic E-state index is 0.0983. The Kier molecular flexibility index (Phi) is 2.11. The highest BCUT2D eigenvalue weighted by atomic mass is 16.5. The van der Waals surface area contributed by atoms with Gasteiger partial charge in [-0.25, -0.2) is 0 Å². The van der Waals surface area contributed by atoms with Crippen molar-refractivity contribution in [2.45, 2.75) is 19.2 Å². The second kappa shape index (κ2) is 3.25. The zero-order valence-corrected chi connectivity index (χ0v) is 7.16. The summed E-state index contributed by atoms with van der Waals surface area (Å²) in [5, 5.41) is 3.35. The summed E-state index contributed by atoms with van der Waals surface area (Å²) in [7, 11) is 0. The zero-order valence-electron chi connectivity index (χ0n) is 7.16. The summed E-state index contributed by atoms with van der Waals surface area (Å²) in [5.74, 6) is 0. The molecule has 2 heteroatoms. The van der Waals surface area contributed by atoms with E-state index in [1.807, 2.05) is 18.2 Å². The maximum Gasteiger partial charge on any atom is 0.134 e. The molecule has 0 bridgehead atoms. The van der Waals surface area contributed by atoms with Crippen molar-refractivity contribution < 1.29 is 4.74 Å². The van der Waals surface area contributed by atoms with Gasteiger partial charge < -0.3 is 4.74 Å². The van der Waals surface area contributed by atoms with Gasteiger partial charge in [0.25, 0.3) is 0 Å². The van der Waals surface area contributed by atoms with Crippen LogP contribution in [0.4, 0.5) is 0 Å². The van der Waals surface area contributed by atoms with E-state index < -0.39 is 0 Å². The second-order valence-corrected chi connectivity index (χ2v) is 3.19. The zero-order chi connectivity index (χ0) is 8.39. The number of rotatable bonds is 1. The second-order valence-electron chi connectivity index (χ2n) is 3.19. The van der Waals surface area contributed by atoms with Gasteiger partial charge in [-0.05, 0) is 12.5 Å².